The number of fused-ring (bicyclic) bond motifs is 2. The third kappa shape index (κ3) is 4.26. The summed E-state index contributed by atoms with van der Waals surface area (Å²) in [6.45, 7) is 5.72. The largest absolute Gasteiger partial charge is 0.335 e. The maximum atomic E-state index is 12.5. The first-order valence-electron chi connectivity index (χ1n) is 10.4. The van der Waals surface area contributed by atoms with Crippen molar-refractivity contribution in [1.82, 2.24) is 35.4 Å². The molecule has 2 amide bonds. The first kappa shape index (κ1) is 19.4. The monoisotopic (exact) mass is 395 g/mol. The Morgan fingerprint density at radius 2 is 2.14 bits per heavy atom. The van der Waals surface area contributed by atoms with Crippen LogP contribution in [0, 0.1) is 5.92 Å². The third-order valence-corrected chi connectivity index (χ3v) is 5.60. The summed E-state index contributed by atoms with van der Waals surface area (Å²) in [7, 11) is 1.91. The zero-order valence-electron chi connectivity index (χ0n) is 17.4. The molecule has 1 atom stereocenters. The molecule has 1 aliphatic rings. The van der Waals surface area contributed by atoms with Gasteiger partial charge in [-0.3, -0.25) is 9.36 Å². The third-order valence-electron chi connectivity index (χ3n) is 5.60. The van der Waals surface area contributed by atoms with Crippen molar-refractivity contribution in [1.29, 1.82) is 0 Å². The molecule has 154 valence electrons. The summed E-state index contributed by atoms with van der Waals surface area (Å²) < 4.78 is 3.88. The fourth-order valence-corrected chi connectivity index (χ4v) is 3.93. The van der Waals surface area contributed by atoms with Gasteiger partial charge in [0.15, 0.2) is 0 Å². The maximum absolute atomic E-state index is 12.5. The first-order chi connectivity index (χ1) is 14.0. The number of aromatic nitrogens is 5. The van der Waals surface area contributed by atoms with Crippen molar-refractivity contribution >= 4 is 16.9 Å². The second kappa shape index (κ2) is 8.23. The van der Waals surface area contributed by atoms with E-state index in [9.17, 15) is 4.79 Å². The van der Waals surface area contributed by atoms with Gasteiger partial charge >= 0.3 is 6.03 Å². The predicted octanol–water partition coefficient (Wildman–Crippen LogP) is 2.57. The van der Waals surface area contributed by atoms with Crippen molar-refractivity contribution < 1.29 is 4.79 Å². The zero-order chi connectivity index (χ0) is 20.4. The van der Waals surface area contributed by atoms with E-state index in [0.717, 1.165) is 54.5 Å². The predicted molar refractivity (Wildman–Crippen MR) is 111 cm³/mol. The van der Waals surface area contributed by atoms with Gasteiger partial charge in [0.2, 0.25) is 0 Å². The second-order valence-corrected chi connectivity index (χ2v) is 8.24. The highest BCUT2D eigenvalue weighted by atomic mass is 16.2. The molecule has 8 nitrogen and oxygen atoms in total. The van der Waals surface area contributed by atoms with E-state index in [-0.39, 0.29) is 12.1 Å². The molecular weight excluding hydrogens is 366 g/mol. The summed E-state index contributed by atoms with van der Waals surface area (Å²) >= 11 is 0. The molecule has 4 rings (SSSR count). The van der Waals surface area contributed by atoms with Crippen LogP contribution in [0.5, 0.6) is 0 Å². The molecule has 8 heteroatoms. The van der Waals surface area contributed by atoms with Crippen molar-refractivity contribution in [3.63, 3.8) is 0 Å². The summed E-state index contributed by atoms with van der Waals surface area (Å²) in [4.78, 5) is 12.5. The lowest BCUT2D eigenvalue weighted by atomic mass is 9.96. The standard InChI is InChI=1S/C21H29N7O/c1-14(2)10-11-28-19-7-5-4-6-16(19)18(25-28)13-22-21(29)23-15-8-9-20-17(12-15)24-26-27(20)3/h4-7,14-15H,8-13H2,1-3H3,(H2,22,23,29). The fraction of sp³-hybridized carbons (Fsp3) is 0.524. The number of carbonyl (C=O) groups is 1. The van der Waals surface area contributed by atoms with Crippen LogP contribution < -0.4 is 10.6 Å². The number of urea groups is 1. The van der Waals surface area contributed by atoms with E-state index in [2.05, 4.69) is 51.6 Å². The average Bonchev–Trinajstić information content (AvgIpc) is 3.25. The maximum Gasteiger partial charge on any atom is 0.315 e. The summed E-state index contributed by atoms with van der Waals surface area (Å²) in [5.41, 5.74) is 4.17. The Morgan fingerprint density at radius 1 is 1.31 bits per heavy atom. The van der Waals surface area contributed by atoms with Gasteiger partial charge in [0.05, 0.1) is 29.1 Å². The smallest absolute Gasteiger partial charge is 0.315 e. The van der Waals surface area contributed by atoms with Crippen molar-refractivity contribution in [2.75, 3.05) is 0 Å². The Hall–Kier alpha value is -2.90. The van der Waals surface area contributed by atoms with Crippen LogP contribution in [0.4, 0.5) is 4.79 Å². The summed E-state index contributed by atoms with van der Waals surface area (Å²) in [5, 5.41) is 20.2. The van der Waals surface area contributed by atoms with Gasteiger partial charge in [0, 0.05) is 31.4 Å². The molecule has 0 saturated carbocycles. The highest BCUT2D eigenvalue weighted by Gasteiger charge is 2.24. The summed E-state index contributed by atoms with van der Waals surface area (Å²) in [5.74, 6) is 0.621. The molecule has 0 fully saturated rings. The minimum Gasteiger partial charge on any atom is -0.335 e. The van der Waals surface area contributed by atoms with Crippen molar-refractivity contribution in [2.24, 2.45) is 13.0 Å². The molecule has 0 spiro atoms. The molecule has 1 aliphatic carbocycles. The molecule has 0 aliphatic heterocycles. The van der Waals surface area contributed by atoms with Crippen molar-refractivity contribution in [3.8, 4) is 0 Å². The lowest BCUT2D eigenvalue weighted by Crippen LogP contribution is -2.44. The van der Waals surface area contributed by atoms with Gasteiger partial charge in [-0.2, -0.15) is 5.10 Å². The molecule has 2 heterocycles. The Bertz CT molecular complexity index is 1000. The molecule has 0 radical (unpaired) electrons. The van der Waals surface area contributed by atoms with Gasteiger partial charge in [-0.15, -0.1) is 5.10 Å². The number of benzene rings is 1. The molecule has 1 unspecified atom stereocenters. The van der Waals surface area contributed by atoms with Crippen LogP contribution in [0.1, 0.15) is 43.8 Å². The molecule has 0 bridgehead atoms. The van der Waals surface area contributed by atoms with E-state index in [0.29, 0.717) is 12.5 Å². The Kier molecular flexibility index (Phi) is 5.51. The number of nitrogens with one attached hydrogen (secondary N) is 2. The number of carbonyl (C=O) groups excluding carboxylic acids is 1. The highest BCUT2D eigenvalue weighted by molar-refractivity contribution is 5.82. The molecule has 29 heavy (non-hydrogen) atoms. The lowest BCUT2D eigenvalue weighted by molar-refractivity contribution is 0.235. The normalized spacial score (nSPS) is 16.2. The fourth-order valence-electron chi connectivity index (χ4n) is 3.93. The highest BCUT2D eigenvalue weighted by Crippen LogP contribution is 2.20. The topological polar surface area (TPSA) is 89.7 Å². The number of hydrogen-bond donors (Lipinski definition) is 2. The van der Waals surface area contributed by atoms with Gasteiger partial charge in [-0.1, -0.05) is 37.3 Å². The minimum absolute atomic E-state index is 0.0829. The lowest BCUT2D eigenvalue weighted by Gasteiger charge is -2.22. The van der Waals surface area contributed by atoms with Crippen LogP contribution in [0.15, 0.2) is 24.3 Å². The Morgan fingerprint density at radius 3 is 2.97 bits per heavy atom. The van der Waals surface area contributed by atoms with Crippen LogP contribution in [-0.2, 0) is 33.0 Å². The van der Waals surface area contributed by atoms with E-state index in [1.807, 2.05) is 23.9 Å². The molecule has 3 aromatic rings. The molecular formula is C21H29N7O. The number of hydrogen-bond acceptors (Lipinski definition) is 4. The first-order valence-corrected chi connectivity index (χ1v) is 10.4. The number of nitrogens with zero attached hydrogens (tertiary/aromatic N) is 5. The van der Waals surface area contributed by atoms with Crippen LogP contribution in [0.2, 0.25) is 0 Å². The quantitative estimate of drug-likeness (QED) is 0.671. The van der Waals surface area contributed by atoms with Crippen LogP contribution in [0.25, 0.3) is 10.9 Å². The van der Waals surface area contributed by atoms with Gasteiger partial charge in [0.1, 0.15) is 0 Å². The Labute approximate surface area is 170 Å². The van der Waals surface area contributed by atoms with E-state index < -0.39 is 0 Å². The van der Waals surface area contributed by atoms with Gasteiger partial charge in [-0.05, 0) is 31.2 Å². The number of para-hydroxylation sites is 1. The zero-order valence-corrected chi connectivity index (χ0v) is 17.4. The van der Waals surface area contributed by atoms with Gasteiger partial charge in [0.25, 0.3) is 0 Å². The molecule has 0 saturated heterocycles. The van der Waals surface area contributed by atoms with E-state index in [4.69, 9.17) is 5.10 Å². The van der Waals surface area contributed by atoms with Gasteiger partial charge in [-0.25, -0.2) is 4.79 Å². The molecule has 2 N–H and O–H groups in total. The molecule has 2 aromatic heterocycles. The van der Waals surface area contributed by atoms with Crippen LogP contribution in [-0.4, -0.2) is 36.8 Å². The average molecular weight is 396 g/mol. The van der Waals surface area contributed by atoms with E-state index >= 15 is 0 Å². The van der Waals surface area contributed by atoms with Crippen molar-refractivity contribution in [2.45, 2.75) is 58.7 Å². The molecule has 1 aromatic carbocycles. The van der Waals surface area contributed by atoms with E-state index in [1.54, 1.807) is 0 Å². The van der Waals surface area contributed by atoms with Crippen molar-refractivity contribution in [3.05, 3.63) is 41.3 Å². The number of aryl methyl sites for hydroxylation is 2. The minimum atomic E-state index is -0.164. The Balaban J connectivity index is 1.37. The number of amides is 2. The van der Waals surface area contributed by atoms with Gasteiger partial charge < -0.3 is 10.6 Å². The van der Waals surface area contributed by atoms with Crippen LogP contribution >= 0.6 is 0 Å². The van der Waals surface area contributed by atoms with E-state index in [1.165, 1.54) is 5.69 Å². The number of rotatable bonds is 6. The summed E-state index contributed by atoms with van der Waals surface area (Å²) in [6, 6.07) is 8.12. The summed E-state index contributed by atoms with van der Waals surface area (Å²) in [6.07, 6.45) is 3.58. The SMILES string of the molecule is CC(C)CCn1nc(CNC(=O)NC2CCc3c(nnn3C)C2)c2ccccc21. The van der Waals surface area contributed by atoms with Crippen LogP contribution in [0.3, 0.4) is 0 Å². The second-order valence-electron chi connectivity index (χ2n) is 8.24.